The Hall–Kier alpha value is -3.70. The van der Waals surface area contributed by atoms with Gasteiger partial charge in [-0.1, -0.05) is 85.4 Å². The lowest BCUT2D eigenvalue weighted by atomic mass is 9.53. The number of ether oxygens (including phenoxy) is 2. The second kappa shape index (κ2) is 14.1. The van der Waals surface area contributed by atoms with Crippen molar-refractivity contribution >= 4 is 17.8 Å². The highest BCUT2D eigenvalue weighted by molar-refractivity contribution is 7.99. The van der Waals surface area contributed by atoms with E-state index in [2.05, 4.69) is 76.3 Å². The number of aromatic nitrogens is 3. The van der Waals surface area contributed by atoms with Crippen LogP contribution in [0.5, 0.6) is 0 Å². The molecule has 1 aromatic heterocycles. The molecule has 3 aromatic carbocycles. The third-order valence-electron chi connectivity index (χ3n) is 11.5. The lowest BCUT2D eigenvalue weighted by Crippen LogP contribution is -2.61. The van der Waals surface area contributed by atoms with Gasteiger partial charge in [0.2, 0.25) is 0 Å². The first-order valence-corrected chi connectivity index (χ1v) is 19.0. The molecule has 2 amide bonds. The van der Waals surface area contributed by atoms with Crippen LogP contribution in [0.3, 0.4) is 0 Å². The minimum Gasteiger partial charge on any atom is -0.392 e. The Bertz CT molecular complexity index is 1760. The SMILES string of the molecule is CC1C(CSc2nncn2C)OC(c2ccc(-c3cccc(CNC(=O)NC45CC6CC(CC(C6)C4)C5)c3)cc2)OC1c1ccc(CO)cc1. The van der Waals surface area contributed by atoms with Crippen molar-refractivity contribution in [2.75, 3.05) is 5.75 Å². The number of benzene rings is 3. The number of amides is 2. The molecule has 9 rings (SSSR count). The van der Waals surface area contributed by atoms with Crippen molar-refractivity contribution in [1.82, 2.24) is 25.4 Å². The van der Waals surface area contributed by atoms with E-state index in [1.54, 1.807) is 18.1 Å². The second-order valence-electron chi connectivity index (χ2n) is 15.2. The molecule has 4 unspecified atom stereocenters. The van der Waals surface area contributed by atoms with Gasteiger partial charge in [-0.15, -0.1) is 10.2 Å². The van der Waals surface area contributed by atoms with Gasteiger partial charge in [-0.25, -0.2) is 4.79 Å². The number of nitrogens with one attached hydrogen (secondary N) is 2. The summed E-state index contributed by atoms with van der Waals surface area (Å²) < 4.78 is 15.2. The van der Waals surface area contributed by atoms with Crippen LogP contribution in [0.1, 0.15) is 80.1 Å². The number of urea groups is 1. The van der Waals surface area contributed by atoms with Crippen molar-refractivity contribution in [1.29, 1.82) is 0 Å². The molecule has 4 saturated carbocycles. The minimum absolute atomic E-state index is 0.00600. The number of carbonyl (C=O) groups excluding carboxylic acids is 1. The fourth-order valence-electron chi connectivity index (χ4n) is 9.29. The zero-order chi connectivity index (χ0) is 34.2. The Labute approximate surface area is 298 Å². The highest BCUT2D eigenvalue weighted by Gasteiger charge is 2.51. The maximum absolute atomic E-state index is 13.1. The van der Waals surface area contributed by atoms with E-state index < -0.39 is 6.29 Å². The van der Waals surface area contributed by atoms with Gasteiger partial charge in [0.1, 0.15) is 6.33 Å². The van der Waals surface area contributed by atoms with Crippen LogP contribution in [0.2, 0.25) is 0 Å². The summed E-state index contributed by atoms with van der Waals surface area (Å²) in [5, 5.41) is 25.3. The Kier molecular flexibility index (Phi) is 9.46. The molecule has 2 heterocycles. The fourth-order valence-corrected chi connectivity index (χ4v) is 10.3. The summed E-state index contributed by atoms with van der Waals surface area (Å²) in [7, 11) is 1.94. The molecule has 0 radical (unpaired) electrons. The van der Waals surface area contributed by atoms with Crippen LogP contribution in [-0.4, -0.2) is 43.3 Å². The number of aliphatic hydroxyl groups is 1. The molecule has 9 nitrogen and oxygen atoms in total. The number of hydrogen-bond donors (Lipinski definition) is 3. The molecule has 5 fully saturated rings. The molecule has 50 heavy (non-hydrogen) atoms. The van der Waals surface area contributed by atoms with Crippen molar-refractivity contribution in [3.63, 3.8) is 0 Å². The molecule has 4 aromatic rings. The molecule has 4 atom stereocenters. The summed E-state index contributed by atoms with van der Waals surface area (Å²) in [6.45, 7) is 2.66. The number of aliphatic hydroxyl groups excluding tert-OH is 1. The number of nitrogens with zero attached hydrogens (tertiary/aromatic N) is 3. The maximum Gasteiger partial charge on any atom is 0.315 e. The first-order valence-electron chi connectivity index (χ1n) is 18.1. The van der Waals surface area contributed by atoms with Crippen molar-refractivity contribution in [2.45, 2.75) is 87.8 Å². The monoisotopic (exact) mass is 693 g/mol. The third kappa shape index (κ3) is 7.08. The van der Waals surface area contributed by atoms with Gasteiger partial charge in [0, 0.05) is 36.4 Å². The summed E-state index contributed by atoms with van der Waals surface area (Å²) >= 11 is 1.63. The van der Waals surface area contributed by atoms with Crippen molar-refractivity contribution in [2.24, 2.45) is 30.7 Å². The number of thioether (sulfide) groups is 1. The molecular formula is C40H47N5O4S. The summed E-state index contributed by atoms with van der Waals surface area (Å²) in [4.78, 5) is 13.1. The molecule has 10 heteroatoms. The Morgan fingerprint density at radius 3 is 2.28 bits per heavy atom. The average Bonchev–Trinajstić information content (AvgIpc) is 3.54. The predicted molar refractivity (Wildman–Crippen MR) is 193 cm³/mol. The fraction of sp³-hybridized carbons (Fsp3) is 0.475. The summed E-state index contributed by atoms with van der Waals surface area (Å²) in [6.07, 6.45) is 8.41. The van der Waals surface area contributed by atoms with E-state index in [-0.39, 0.29) is 36.3 Å². The summed E-state index contributed by atoms with van der Waals surface area (Å²) in [5.74, 6) is 3.18. The number of carbonyl (C=O) groups is 1. The van der Waals surface area contributed by atoms with Gasteiger partial charge in [-0.05, 0) is 90.2 Å². The van der Waals surface area contributed by atoms with Gasteiger partial charge in [0.05, 0.1) is 18.8 Å². The lowest BCUT2D eigenvalue weighted by Gasteiger charge is -2.56. The van der Waals surface area contributed by atoms with Gasteiger partial charge in [-0.3, -0.25) is 0 Å². The topological polar surface area (TPSA) is 111 Å². The molecule has 0 spiro atoms. The van der Waals surface area contributed by atoms with E-state index >= 15 is 0 Å². The van der Waals surface area contributed by atoms with Crippen LogP contribution in [0, 0.1) is 23.7 Å². The number of hydrogen-bond acceptors (Lipinski definition) is 7. The van der Waals surface area contributed by atoms with Crippen molar-refractivity contribution < 1.29 is 19.4 Å². The van der Waals surface area contributed by atoms with Gasteiger partial charge >= 0.3 is 6.03 Å². The minimum atomic E-state index is -0.545. The van der Waals surface area contributed by atoms with Crippen molar-refractivity contribution in [3.8, 4) is 11.1 Å². The second-order valence-corrected chi connectivity index (χ2v) is 16.2. The molecule has 1 saturated heterocycles. The Morgan fingerprint density at radius 2 is 1.62 bits per heavy atom. The smallest absolute Gasteiger partial charge is 0.315 e. The van der Waals surface area contributed by atoms with Crippen LogP contribution < -0.4 is 10.6 Å². The van der Waals surface area contributed by atoms with E-state index in [0.29, 0.717) is 12.3 Å². The molecule has 4 bridgehead atoms. The molecule has 5 aliphatic rings. The molecule has 4 aliphatic carbocycles. The largest absolute Gasteiger partial charge is 0.392 e. The first-order chi connectivity index (χ1) is 24.3. The van der Waals surface area contributed by atoms with E-state index in [1.807, 2.05) is 35.9 Å². The van der Waals surface area contributed by atoms with Crippen LogP contribution >= 0.6 is 11.8 Å². The van der Waals surface area contributed by atoms with Crippen molar-refractivity contribution in [3.05, 3.63) is 101 Å². The molecule has 1 aliphatic heterocycles. The van der Waals surface area contributed by atoms with E-state index in [1.165, 1.54) is 19.3 Å². The maximum atomic E-state index is 13.1. The van der Waals surface area contributed by atoms with E-state index in [0.717, 1.165) is 75.6 Å². The lowest BCUT2D eigenvalue weighted by molar-refractivity contribution is -0.268. The zero-order valence-electron chi connectivity index (χ0n) is 28.8. The van der Waals surface area contributed by atoms with E-state index in [4.69, 9.17) is 9.47 Å². The van der Waals surface area contributed by atoms with Gasteiger partial charge < -0.3 is 29.8 Å². The van der Waals surface area contributed by atoms with Crippen LogP contribution in [-0.2, 0) is 29.7 Å². The van der Waals surface area contributed by atoms with Crippen LogP contribution in [0.4, 0.5) is 4.79 Å². The zero-order valence-corrected chi connectivity index (χ0v) is 29.6. The first kappa shape index (κ1) is 33.4. The van der Waals surface area contributed by atoms with Gasteiger partial charge in [0.25, 0.3) is 0 Å². The summed E-state index contributed by atoms with van der Waals surface area (Å²) in [6, 6.07) is 24.7. The van der Waals surface area contributed by atoms with Crippen LogP contribution in [0.25, 0.3) is 11.1 Å². The third-order valence-corrected chi connectivity index (χ3v) is 12.6. The summed E-state index contributed by atoms with van der Waals surface area (Å²) in [5.41, 5.74) is 6.14. The standard InChI is InChI=1S/C40H47N5O4S/c1-25-35(23-50-39-44-42-24-45(39)2)48-37(49-36(25)32-8-6-26(22-46)7-9-32)33-12-10-31(11-13-33)34-5-3-4-27(17-34)21-41-38(47)43-40-18-28-14-29(19-40)16-30(15-28)20-40/h3-13,17,24-25,28-30,35-37,46H,14-16,18-23H2,1-2H3,(H2,41,43,47). The molecule has 262 valence electrons. The van der Waals surface area contributed by atoms with Crippen LogP contribution in [0.15, 0.2) is 84.3 Å². The number of rotatable bonds is 10. The average molecular weight is 694 g/mol. The molecule has 3 N–H and O–H groups in total. The Balaban J connectivity index is 0.936. The molecular weight excluding hydrogens is 647 g/mol. The highest BCUT2D eigenvalue weighted by Crippen LogP contribution is 2.55. The number of aryl methyl sites for hydroxylation is 1. The quantitative estimate of drug-likeness (QED) is 0.149. The Morgan fingerprint density at radius 1 is 0.920 bits per heavy atom. The van der Waals surface area contributed by atoms with E-state index in [9.17, 15) is 9.90 Å². The predicted octanol–water partition coefficient (Wildman–Crippen LogP) is 7.33. The highest BCUT2D eigenvalue weighted by atomic mass is 32.2. The van der Waals surface area contributed by atoms with Gasteiger partial charge in [-0.2, -0.15) is 0 Å². The normalized spacial score (nSPS) is 29.9. The van der Waals surface area contributed by atoms with Gasteiger partial charge in [0.15, 0.2) is 11.4 Å².